The fraction of sp³-hybridized carbons (Fsp3) is 0.238. The topological polar surface area (TPSA) is 62.8 Å². The van der Waals surface area contributed by atoms with Crippen molar-refractivity contribution in [3.8, 4) is 5.75 Å². The van der Waals surface area contributed by atoms with Crippen molar-refractivity contribution >= 4 is 40.7 Å². The Balaban J connectivity index is 1.57. The summed E-state index contributed by atoms with van der Waals surface area (Å²) in [4.78, 5) is 14.4. The second-order valence-electron chi connectivity index (χ2n) is 6.17. The Kier molecular flexibility index (Phi) is 7.00. The lowest BCUT2D eigenvalue weighted by Crippen LogP contribution is -2.37. The fourth-order valence-corrected chi connectivity index (χ4v) is 3.06. The molecular formula is C21H23N3O3S. The molecule has 2 aromatic rings. The molecule has 1 amide bonds. The maximum absolute atomic E-state index is 12.1. The Hall–Kier alpha value is -2.90. The minimum absolute atomic E-state index is 0.255. The third-order valence-electron chi connectivity index (χ3n) is 4.28. The van der Waals surface area contributed by atoms with Gasteiger partial charge in [0.25, 0.3) is 0 Å². The third kappa shape index (κ3) is 5.55. The predicted octanol–water partition coefficient (Wildman–Crippen LogP) is 3.06. The van der Waals surface area contributed by atoms with Gasteiger partial charge >= 0.3 is 0 Å². The number of methoxy groups -OCH3 is 1. The van der Waals surface area contributed by atoms with E-state index in [4.69, 9.17) is 21.7 Å². The van der Waals surface area contributed by atoms with Crippen molar-refractivity contribution in [2.75, 3.05) is 43.6 Å². The zero-order valence-electron chi connectivity index (χ0n) is 15.7. The molecule has 3 rings (SSSR count). The number of ether oxygens (including phenoxy) is 2. The normalized spacial score (nSPS) is 14.0. The highest BCUT2D eigenvalue weighted by atomic mass is 32.1. The summed E-state index contributed by atoms with van der Waals surface area (Å²) in [5.74, 6) is 0.475. The Morgan fingerprint density at radius 3 is 2.57 bits per heavy atom. The highest BCUT2D eigenvalue weighted by Crippen LogP contribution is 2.26. The van der Waals surface area contributed by atoms with E-state index in [9.17, 15) is 4.79 Å². The molecule has 2 N–H and O–H groups in total. The number of rotatable bonds is 5. The van der Waals surface area contributed by atoms with Crippen molar-refractivity contribution in [2.24, 2.45) is 0 Å². The van der Waals surface area contributed by atoms with Crippen LogP contribution in [0.2, 0.25) is 0 Å². The van der Waals surface area contributed by atoms with E-state index in [1.807, 2.05) is 48.5 Å². The first-order valence-corrected chi connectivity index (χ1v) is 9.42. The molecule has 146 valence electrons. The van der Waals surface area contributed by atoms with E-state index in [0.717, 1.165) is 35.8 Å². The van der Waals surface area contributed by atoms with Gasteiger partial charge in [0.05, 0.1) is 31.7 Å². The molecule has 6 nitrogen and oxygen atoms in total. The SMILES string of the molecule is COc1ccc(/C=C/C(=O)NC(=S)Nc2ccccc2N2CCOCC2)cc1. The Labute approximate surface area is 170 Å². The molecule has 28 heavy (non-hydrogen) atoms. The first kappa shape index (κ1) is 19.9. The minimum atomic E-state index is -0.294. The molecule has 1 aliphatic heterocycles. The third-order valence-corrected chi connectivity index (χ3v) is 4.49. The number of hydrogen-bond donors (Lipinski definition) is 2. The number of para-hydroxylation sites is 2. The summed E-state index contributed by atoms with van der Waals surface area (Å²) in [5.41, 5.74) is 2.79. The molecule has 0 radical (unpaired) electrons. The molecule has 1 saturated heterocycles. The number of carbonyl (C=O) groups is 1. The number of nitrogens with zero attached hydrogens (tertiary/aromatic N) is 1. The van der Waals surface area contributed by atoms with Gasteiger partial charge in [0.2, 0.25) is 5.91 Å². The van der Waals surface area contributed by atoms with Crippen molar-refractivity contribution in [1.82, 2.24) is 5.32 Å². The van der Waals surface area contributed by atoms with E-state index in [2.05, 4.69) is 15.5 Å². The van der Waals surface area contributed by atoms with Crippen LogP contribution in [0.25, 0.3) is 6.08 Å². The monoisotopic (exact) mass is 397 g/mol. The maximum Gasteiger partial charge on any atom is 0.250 e. The Morgan fingerprint density at radius 1 is 1.14 bits per heavy atom. The van der Waals surface area contributed by atoms with E-state index >= 15 is 0 Å². The second kappa shape index (κ2) is 9.87. The van der Waals surface area contributed by atoms with Crippen LogP contribution in [0.5, 0.6) is 5.75 Å². The van der Waals surface area contributed by atoms with Gasteiger partial charge in [-0.15, -0.1) is 0 Å². The highest BCUT2D eigenvalue weighted by Gasteiger charge is 2.15. The zero-order chi connectivity index (χ0) is 19.8. The summed E-state index contributed by atoms with van der Waals surface area (Å²) in [6, 6.07) is 15.3. The molecule has 0 spiro atoms. The largest absolute Gasteiger partial charge is 0.497 e. The number of anilines is 2. The molecule has 0 aliphatic carbocycles. The molecule has 0 atom stereocenters. The van der Waals surface area contributed by atoms with E-state index in [0.29, 0.717) is 13.2 Å². The molecule has 1 fully saturated rings. The maximum atomic E-state index is 12.1. The van der Waals surface area contributed by atoms with Gasteiger partial charge in [0, 0.05) is 19.2 Å². The molecule has 0 bridgehead atoms. The van der Waals surface area contributed by atoms with Crippen molar-refractivity contribution < 1.29 is 14.3 Å². The average molecular weight is 398 g/mol. The average Bonchev–Trinajstić information content (AvgIpc) is 2.73. The van der Waals surface area contributed by atoms with E-state index in [1.165, 1.54) is 6.08 Å². The van der Waals surface area contributed by atoms with Crippen LogP contribution in [0.3, 0.4) is 0 Å². The Bertz CT molecular complexity index is 846. The lowest BCUT2D eigenvalue weighted by molar-refractivity contribution is -0.115. The summed E-state index contributed by atoms with van der Waals surface area (Å²) in [5, 5.41) is 6.05. The molecule has 0 aromatic heterocycles. The second-order valence-corrected chi connectivity index (χ2v) is 6.57. The predicted molar refractivity (Wildman–Crippen MR) is 116 cm³/mol. The van der Waals surface area contributed by atoms with Crippen LogP contribution in [-0.2, 0) is 9.53 Å². The van der Waals surface area contributed by atoms with Crippen molar-refractivity contribution in [1.29, 1.82) is 0 Å². The smallest absolute Gasteiger partial charge is 0.250 e. The van der Waals surface area contributed by atoms with Gasteiger partial charge < -0.3 is 19.7 Å². The van der Waals surface area contributed by atoms with Crippen molar-refractivity contribution in [3.63, 3.8) is 0 Å². The molecule has 0 unspecified atom stereocenters. The number of benzene rings is 2. The quantitative estimate of drug-likeness (QED) is 0.597. The summed E-state index contributed by atoms with van der Waals surface area (Å²) >= 11 is 5.30. The highest BCUT2D eigenvalue weighted by molar-refractivity contribution is 7.80. The summed E-state index contributed by atoms with van der Waals surface area (Å²) in [6.07, 6.45) is 3.17. The summed E-state index contributed by atoms with van der Waals surface area (Å²) in [7, 11) is 1.61. The van der Waals surface area contributed by atoms with Gasteiger partial charge in [-0.05, 0) is 48.1 Å². The molecular weight excluding hydrogens is 374 g/mol. The zero-order valence-corrected chi connectivity index (χ0v) is 16.5. The first-order valence-electron chi connectivity index (χ1n) is 9.01. The number of hydrogen-bond acceptors (Lipinski definition) is 5. The van der Waals surface area contributed by atoms with Gasteiger partial charge in [-0.3, -0.25) is 10.1 Å². The minimum Gasteiger partial charge on any atom is -0.497 e. The first-order chi connectivity index (χ1) is 13.7. The lowest BCUT2D eigenvalue weighted by atomic mass is 10.2. The van der Waals surface area contributed by atoms with Gasteiger partial charge in [-0.1, -0.05) is 24.3 Å². The van der Waals surface area contributed by atoms with Gasteiger partial charge in [-0.25, -0.2) is 0 Å². The van der Waals surface area contributed by atoms with Crippen LogP contribution < -0.4 is 20.3 Å². The van der Waals surface area contributed by atoms with Crippen molar-refractivity contribution in [2.45, 2.75) is 0 Å². The van der Waals surface area contributed by atoms with Crippen LogP contribution in [0, 0.1) is 0 Å². The number of nitrogens with one attached hydrogen (secondary N) is 2. The number of morpholine rings is 1. The van der Waals surface area contributed by atoms with Gasteiger partial charge in [-0.2, -0.15) is 0 Å². The van der Waals surface area contributed by atoms with Crippen LogP contribution in [-0.4, -0.2) is 44.4 Å². The number of carbonyl (C=O) groups excluding carboxylic acids is 1. The number of thiocarbonyl (C=S) groups is 1. The van der Waals surface area contributed by atoms with Crippen molar-refractivity contribution in [3.05, 3.63) is 60.2 Å². The van der Waals surface area contributed by atoms with E-state index < -0.39 is 0 Å². The molecule has 2 aromatic carbocycles. The van der Waals surface area contributed by atoms with E-state index in [1.54, 1.807) is 13.2 Å². The molecule has 1 heterocycles. The van der Waals surface area contributed by atoms with Crippen LogP contribution >= 0.6 is 12.2 Å². The fourth-order valence-electron chi connectivity index (χ4n) is 2.85. The number of amides is 1. The molecule has 1 aliphatic rings. The molecule has 7 heteroatoms. The molecule has 0 saturated carbocycles. The summed E-state index contributed by atoms with van der Waals surface area (Å²) < 4.78 is 10.5. The Morgan fingerprint density at radius 2 is 1.86 bits per heavy atom. The van der Waals surface area contributed by atoms with E-state index in [-0.39, 0.29) is 11.0 Å². The lowest BCUT2D eigenvalue weighted by Gasteiger charge is -2.30. The van der Waals surface area contributed by atoms with Gasteiger partial charge in [0.1, 0.15) is 5.75 Å². The standard InChI is InChI=1S/C21H23N3O3S/c1-26-17-9-6-16(7-10-17)8-11-20(25)23-21(28)22-18-4-2-3-5-19(18)24-12-14-27-15-13-24/h2-11H,12-15H2,1H3,(H2,22,23,25,28)/b11-8+. The van der Waals surface area contributed by atoms with Gasteiger partial charge in [0.15, 0.2) is 5.11 Å². The van der Waals surface area contributed by atoms with Crippen LogP contribution in [0.1, 0.15) is 5.56 Å². The van der Waals surface area contributed by atoms with Crippen LogP contribution in [0.15, 0.2) is 54.6 Å². The summed E-state index contributed by atoms with van der Waals surface area (Å²) in [6.45, 7) is 3.04. The van der Waals surface area contributed by atoms with Crippen LogP contribution in [0.4, 0.5) is 11.4 Å².